The molecule has 0 amide bonds. The van der Waals surface area contributed by atoms with Crippen molar-refractivity contribution in [2.24, 2.45) is 0 Å². The zero-order valence-electron chi connectivity index (χ0n) is 16.6. The number of rotatable bonds is 8. The number of benzene rings is 1. The van der Waals surface area contributed by atoms with E-state index in [-0.39, 0.29) is 28.1 Å². The maximum absolute atomic E-state index is 12.2. The van der Waals surface area contributed by atoms with E-state index in [4.69, 9.17) is 19.9 Å². The molecule has 1 atom stereocenters. The molecule has 0 aliphatic carbocycles. The molecule has 12 heteroatoms. The molecule has 31 heavy (non-hydrogen) atoms. The highest BCUT2D eigenvalue weighted by Gasteiger charge is 2.29. The van der Waals surface area contributed by atoms with Crippen molar-refractivity contribution in [1.29, 1.82) is 0 Å². The minimum absolute atomic E-state index is 0.000544. The summed E-state index contributed by atoms with van der Waals surface area (Å²) in [5, 5.41) is 19.1. The maximum Gasteiger partial charge on any atom is 0.347 e. The van der Waals surface area contributed by atoms with Crippen molar-refractivity contribution in [3.05, 3.63) is 38.1 Å². The number of pyridine rings is 1. The molecule has 0 aliphatic heterocycles. The minimum Gasteiger partial charge on any atom is -0.493 e. The molecule has 2 rings (SSSR count). The molecular formula is C19H19BrN2O9. The van der Waals surface area contributed by atoms with Crippen molar-refractivity contribution < 1.29 is 38.8 Å². The number of aromatic nitrogens is 1. The third kappa shape index (κ3) is 4.79. The van der Waals surface area contributed by atoms with E-state index in [0.717, 1.165) is 0 Å². The lowest BCUT2D eigenvalue weighted by Gasteiger charge is -2.19. The number of carbonyl (C=O) groups excluding carboxylic acids is 1. The Balaban J connectivity index is 2.76. The second-order valence-electron chi connectivity index (χ2n) is 6.10. The normalized spacial score (nSPS) is 11.5. The van der Waals surface area contributed by atoms with E-state index in [0.29, 0.717) is 0 Å². The van der Waals surface area contributed by atoms with Gasteiger partial charge in [0.25, 0.3) is 5.56 Å². The predicted molar refractivity (Wildman–Crippen MR) is 112 cm³/mol. The summed E-state index contributed by atoms with van der Waals surface area (Å²) in [4.78, 5) is 49.7. The van der Waals surface area contributed by atoms with E-state index in [2.05, 4.69) is 15.9 Å². The standard InChI is InChI=1S/C19H19BrN2O9/c1-4-30-19(28)7(2)31-11-6-9(20)8(5-10(11)29-3)12-13(17(24)25)15(21)22-16(23)14(12)18(26)27/h5-7H,4H2,1-3H3,(H,24,25)(H,26,27)(H3,21,22,23). The number of halogens is 1. The molecule has 1 aromatic carbocycles. The lowest BCUT2D eigenvalue weighted by Crippen LogP contribution is -2.26. The monoisotopic (exact) mass is 498 g/mol. The summed E-state index contributed by atoms with van der Waals surface area (Å²) in [6.45, 7) is 3.26. The van der Waals surface area contributed by atoms with Gasteiger partial charge in [0.1, 0.15) is 16.9 Å². The SMILES string of the molecule is CCOC(=O)C(C)Oc1cc(Br)c(-c2c(C(=O)O)c(N)[nH]c(=O)c2C(=O)O)cc1OC. The van der Waals surface area contributed by atoms with Gasteiger partial charge in [0, 0.05) is 15.6 Å². The summed E-state index contributed by atoms with van der Waals surface area (Å²) in [5.74, 6) is -4.20. The van der Waals surface area contributed by atoms with Gasteiger partial charge in [0.15, 0.2) is 17.6 Å². The molecule has 0 saturated heterocycles. The Hall–Kier alpha value is -3.54. The van der Waals surface area contributed by atoms with Crippen LogP contribution >= 0.6 is 15.9 Å². The lowest BCUT2D eigenvalue weighted by molar-refractivity contribution is -0.150. The number of hydrogen-bond acceptors (Lipinski definition) is 8. The maximum atomic E-state index is 12.2. The molecule has 0 spiro atoms. The molecule has 0 saturated carbocycles. The Labute approximate surface area is 183 Å². The second kappa shape index (κ2) is 9.51. The number of carboxylic acid groups (broad SMARTS) is 2. The van der Waals surface area contributed by atoms with Crippen LogP contribution in [-0.4, -0.2) is 52.9 Å². The quantitative estimate of drug-likeness (QED) is 0.393. The van der Waals surface area contributed by atoms with Gasteiger partial charge in [-0.05, 0) is 26.0 Å². The van der Waals surface area contributed by atoms with Crippen LogP contribution in [-0.2, 0) is 9.53 Å². The number of hydrogen-bond donors (Lipinski definition) is 4. The lowest BCUT2D eigenvalue weighted by atomic mass is 9.95. The number of carbonyl (C=O) groups is 3. The van der Waals surface area contributed by atoms with Crippen LogP contribution in [0.4, 0.5) is 5.82 Å². The van der Waals surface area contributed by atoms with Gasteiger partial charge in [-0.3, -0.25) is 4.79 Å². The Morgan fingerprint density at radius 1 is 1.16 bits per heavy atom. The summed E-state index contributed by atoms with van der Waals surface area (Å²) in [7, 11) is 1.29. The highest BCUT2D eigenvalue weighted by Crippen LogP contribution is 2.41. The highest BCUT2D eigenvalue weighted by atomic mass is 79.9. The van der Waals surface area contributed by atoms with Crippen LogP contribution in [0.3, 0.4) is 0 Å². The fourth-order valence-electron chi connectivity index (χ4n) is 2.79. The third-order valence-electron chi connectivity index (χ3n) is 4.12. The summed E-state index contributed by atoms with van der Waals surface area (Å²) in [5.41, 5.74) is 2.74. The van der Waals surface area contributed by atoms with Crippen LogP contribution in [0.5, 0.6) is 11.5 Å². The van der Waals surface area contributed by atoms with Crippen LogP contribution in [0.25, 0.3) is 11.1 Å². The molecule has 5 N–H and O–H groups in total. The van der Waals surface area contributed by atoms with Crippen molar-refractivity contribution in [3.8, 4) is 22.6 Å². The first kappa shape index (κ1) is 23.7. The molecule has 1 heterocycles. The number of esters is 1. The Bertz CT molecular complexity index is 1110. The molecule has 0 bridgehead atoms. The van der Waals surface area contributed by atoms with Crippen molar-refractivity contribution in [2.75, 3.05) is 19.5 Å². The van der Waals surface area contributed by atoms with Crippen LogP contribution < -0.4 is 20.8 Å². The van der Waals surface area contributed by atoms with Gasteiger partial charge in [-0.25, -0.2) is 14.4 Å². The van der Waals surface area contributed by atoms with Crippen LogP contribution in [0.1, 0.15) is 34.6 Å². The number of nitrogens with two attached hydrogens (primary N) is 1. The number of carboxylic acids is 2. The Morgan fingerprint density at radius 3 is 2.29 bits per heavy atom. The van der Waals surface area contributed by atoms with Crippen molar-refractivity contribution >= 4 is 39.7 Å². The molecule has 11 nitrogen and oxygen atoms in total. The van der Waals surface area contributed by atoms with E-state index in [1.165, 1.54) is 26.2 Å². The fourth-order valence-corrected chi connectivity index (χ4v) is 3.31. The predicted octanol–water partition coefficient (Wildman–Crippen LogP) is 2.12. The first-order chi connectivity index (χ1) is 14.5. The smallest absolute Gasteiger partial charge is 0.347 e. The zero-order chi connectivity index (χ0) is 23.5. The van der Waals surface area contributed by atoms with E-state index in [9.17, 15) is 29.4 Å². The van der Waals surface area contributed by atoms with E-state index in [1.54, 1.807) is 6.92 Å². The summed E-state index contributed by atoms with van der Waals surface area (Å²) in [6.07, 6.45) is -0.994. The molecule has 1 unspecified atom stereocenters. The first-order valence-electron chi connectivity index (χ1n) is 8.76. The topological polar surface area (TPSA) is 178 Å². The number of nitrogen functional groups attached to an aromatic ring is 1. The molecule has 0 fully saturated rings. The number of ether oxygens (including phenoxy) is 3. The molecule has 0 radical (unpaired) electrons. The van der Waals surface area contributed by atoms with Gasteiger partial charge in [-0.15, -0.1) is 0 Å². The largest absolute Gasteiger partial charge is 0.493 e. The van der Waals surface area contributed by atoms with Gasteiger partial charge in [0.05, 0.1) is 13.7 Å². The van der Waals surface area contributed by atoms with Gasteiger partial charge < -0.3 is 35.1 Å². The molecular weight excluding hydrogens is 480 g/mol. The van der Waals surface area contributed by atoms with Crippen LogP contribution in [0, 0.1) is 0 Å². The van der Waals surface area contributed by atoms with Crippen molar-refractivity contribution in [3.63, 3.8) is 0 Å². The number of nitrogens with one attached hydrogen (secondary N) is 1. The van der Waals surface area contributed by atoms with Gasteiger partial charge in [-0.2, -0.15) is 0 Å². The third-order valence-corrected chi connectivity index (χ3v) is 4.77. The molecule has 1 aromatic heterocycles. The Morgan fingerprint density at radius 2 is 1.77 bits per heavy atom. The number of H-pyrrole nitrogens is 1. The van der Waals surface area contributed by atoms with E-state index >= 15 is 0 Å². The number of aromatic carboxylic acids is 2. The van der Waals surface area contributed by atoms with Gasteiger partial charge >= 0.3 is 17.9 Å². The summed E-state index contributed by atoms with van der Waals surface area (Å²) in [6, 6.07) is 2.61. The second-order valence-corrected chi connectivity index (χ2v) is 6.95. The van der Waals surface area contributed by atoms with Gasteiger partial charge in [-0.1, -0.05) is 15.9 Å². The van der Waals surface area contributed by atoms with E-state index in [1.807, 2.05) is 4.98 Å². The number of methoxy groups -OCH3 is 1. The first-order valence-corrected chi connectivity index (χ1v) is 9.56. The van der Waals surface area contributed by atoms with Crippen molar-refractivity contribution in [1.82, 2.24) is 4.98 Å². The molecule has 166 valence electrons. The fraction of sp³-hybridized carbons (Fsp3) is 0.263. The molecule has 0 aliphatic rings. The van der Waals surface area contributed by atoms with Crippen LogP contribution in [0.15, 0.2) is 21.4 Å². The van der Waals surface area contributed by atoms with Gasteiger partial charge in [0.2, 0.25) is 0 Å². The number of anilines is 1. The van der Waals surface area contributed by atoms with Crippen molar-refractivity contribution in [2.45, 2.75) is 20.0 Å². The summed E-state index contributed by atoms with van der Waals surface area (Å²) >= 11 is 3.23. The van der Waals surface area contributed by atoms with E-state index < -0.39 is 52.1 Å². The average Bonchev–Trinajstić information content (AvgIpc) is 2.67. The summed E-state index contributed by atoms with van der Waals surface area (Å²) < 4.78 is 15.9. The number of aromatic amines is 1. The minimum atomic E-state index is -1.65. The molecule has 2 aromatic rings. The highest BCUT2D eigenvalue weighted by molar-refractivity contribution is 9.10. The zero-order valence-corrected chi connectivity index (χ0v) is 18.2. The van der Waals surface area contributed by atoms with Crippen LogP contribution in [0.2, 0.25) is 0 Å². The average molecular weight is 499 g/mol. The Kier molecular flexibility index (Phi) is 7.28.